The number of carbonyl (C=O) groups is 2. The van der Waals surface area contributed by atoms with Crippen LogP contribution in [-0.2, 0) is 4.79 Å². The first-order valence-corrected chi connectivity index (χ1v) is 6.45. The van der Waals surface area contributed by atoms with Gasteiger partial charge in [0, 0.05) is 37.4 Å². The number of anilines is 1. The molecule has 1 saturated heterocycles. The summed E-state index contributed by atoms with van der Waals surface area (Å²) in [6.07, 6.45) is 0.865. The van der Waals surface area contributed by atoms with Crippen LogP contribution in [0.1, 0.15) is 17.3 Å². The van der Waals surface area contributed by atoms with Crippen LogP contribution in [0.2, 0.25) is 0 Å². The minimum atomic E-state index is -0.169. The molecule has 1 amide bonds. The van der Waals surface area contributed by atoms with Crippen molar-refractivity contribution in [3.63, 3.8) is 0 Å². The Morgan fingerprint density at radius 3 is 2.32 bits per heavy atom. The summed E-state index contributed by atoms with van der Waals surface area (Å²) < 4.78 is 0. The standard InChI is InChI=1S/C14H19N3O2/c1-11(17-8-6-16(10-18)7-9-17)14(19)12-2-4-13(15)5-3-12/h2-5,10-11H,6-9,15H2,1H3. The zero-order valence-corrected chi connectivity index (χ0v) is 11.1. The van der Waals surface area contributed by atoms with Crippen LogP contribution in [0.5, 0.6) is 0 Å². The highest BCUT2D eigenvalue weighted by Gasteiger charge is 2.25. The number of amides is 1. The van der Waals surface area contributed by atoms with E-state index in [0.717, 1.165) is 19.5 Å². The third kappa shape index (κ3) is 3.12. The van der Waals surface area contributed by atoms with E-state index >= 15 is 0 Å². The van der Waals surface area contributed by atoms with Crippen molar-refractivity contribution in [1.82, 2.24) is 9.80 Å². The fourth-order valence-corrected chi connectivity index (χ4v) is 2.28. The molecule has 1 heterocycles. The van der Waals surface area contributed by atoms with Gasteiger partial charge in [-0.25, -0.2) is 0 Å². The molecular weight excluding hydrogens is 242 g/mol. The molecule has 0 spiro atoms. The lowest BCUT2D eigenvalue weighted by Crippen LogP contribution is -2.51. The molecule has 1 fully saturated rings. The highest BCUT2D eigenvalue weighted by Crippen LogP contribution is 2.13. The van der Waals surface area contributed by atoms with Gasteiger partial charge in [-0.05, 0) is 31.2 Å². The second kappa shape index (κ2) is 5.84. The Balaban J connectivity index is 1.99. The lowest BCUT2D eigenvalue weighted by molar-refractivity contribution is -0.119. The first-order chi connectivity index (χ1) is 9.11. The molecule has 1 unspecified atom stereocenters. The molecule has 2 rings (SSSR count). The lowest BCUT2D eigenvalue weighted by atomic mass is 10.0. The molecule has 0 aromatic heterocycles. The van der Waals surface area contributed by atoms with E-state index in [1.165, 1.54) is 0 Å². The summed E-state index contributed by atoms with van der Waals surface area (Å²) in [5.41, 5.74) is 6.95. The van der Waals surface area contributed by atoms with Crippen LogP contribution < -0.4 is 5.73 Å². The topological polar surface area (TPSA) is 66.6 Å². The number of nitrogen functional groups attached to an aromatic ring is 1. The number of benzene rings is 1. The fraction of sp³-hybridized carbons (Fsp3) is 0.429. The van der Waals surface area contributed by atoms with Crippen molar-refractivity contribution in [1.29, 1.82) is 0 Å². The first kappa shape index (κ1) is 13.5. The van der Waals surface area contributed by atoms with Gasteiger partial charge in [-0.3, -0.25) is 14.5 Å². The van der Waals surface area contributed by atoms with Crippen LogP contribution in [-0.4, -0.2) is 54.2 Å². The molecule has 19 heavy (non-hydrogen) atoms. The smallest absolute Gasteiger partial charge is 0.209 e. The quantitative estimate of drug-likeness (QED) is 0.490. The fourth-order valence-electron chi connectivity index (χ4n) is 2.28. The zero-order chi connectivity index (χ0) is 13.8. The van der Waals surface area contributed by atoms with E-state index < -0.39 is 0 Å². The van der Waals surface area contributed by atoms with E-state index in [9.17, 15) is 9.59 Å². The van der Waals surface area contributed by atoms with Gasteiger partial charge in [0.1, 0.15) is 0 Å². The summed E-state index contributed by atoms with van der Waals surface area (Å²) in [6, 6.07) is 6.83. The van der Waals surface area contributed by atoms with E-state index in [1.807, 2.05) is 6.92 Å². The number of hydrogen-bond acceptors (Lipinski definition) is 4. The van der Waals surface area contributed by atoms with Crippen LogP contribution in [0.15, 0.2) is 24.3 Å². The molecule has 1 aromatic rings. The summed E-state index contributed by atoms with van der Waals surface area (Å²) in [5, 5.41) is 0. The van der Waals surface area contributed by atoms with Crippen LogP contribution in [0, 0.1) is 0 Å². The van der Waals surface area contributed by atoms with Crippen molar-refractivity contribution in [2.45, 2.75) is 13.0 Å². The van der Waals surface area contributed by atoms with Crippen molar-refractivity contribution < 1.29 is 9.59 Å². The van der Waals surface area contributed by atoms with E-state index in [2.05, 4.69) is 4.90 Å². The molecule has 5 nitrogen and oxygen atoms in total. The van der Waals surface area contributed by atoms with Gasteiger partial charge in [-0.15, -0.1) is 0 Å². The highest BCUT2D eigenvalue weighted by atomic mass is 16.1. The summed E-state index contributed by atoms with van der Waals surface area (Å²) >= 11 is 0. The summed E-state index contributed by atoms with van der Waals surface area (Å²) in [7, 11) is 0. The maximum absolute atomic E-state index is 12.3. The van der Waals surface area contributed by atoms with Gasteiger partial charge in [0.05, 0.1) is 6.04 Å². The molecule has 0 radical (unpaired) electrons. The average molecular weight is 261 g/mol. The Labute approximate surface area is 113 Å². The minimum absolute atomic E-state index is 0.0968. The summed E-state index contributed by atoms with van der Waals surface area (Å²) in [6.45, 7) is 4.75. The molecule has 0 bridgehead atoms. The number of ketones is 1. The van der Waals surface area contributed by atoms with E-state index in [4.69, 9.17) is 5.73 Å². The Morgan fingerprint density at radius 1 is 1.21 bits per heavy atom. The molecular formula is C14H19N3O2. The van der Waals surface area contributed by atoms with Crippen LogP contribution >= 0.6 is 0 Å². The van der Waals surface area contributed by atoms with Crippen molar-refractivity contribution in [2.75, 3.05) is 31.9 Å². The molecule has 1 aliphatic heterocycles. The number of hydrogen-bond donors (Lipinski definition) is 1. The maximum Gasteiger partial charge on any atom is 0.209 e. The largest absolute Gasteiger partial charge is 0.399 e. The SMILES string of the molecule is CC(C(=O)c1ccc(N)cc1)N1CCN(C=O)CC1. The predicted octanol–water partition coefficient (Wildman–Crippen LogP) is 0.614. The Bertz CT molecular complexity index is 450. The van der Waals surface area contributed by atoms with Crippen LogP contribution in [0.25, 0.3) is 0 Å². The number of rotatable bonds is 4. The summed E-state index contributed by atoms with van der Waals surface area (Å²) in [5.74, 6) is 0.0968. The van der Waals surface area contributed by atoms with Gasteiger partial charge in [-0.2, -0.15) is 0 Å². The average Bonchev–Trinajstić information content (AvgIpc) is 2.46. The first-order valence-electron chi connectivity index (χ1n) is 6.45. The number of carbonyl (C=O) groups excluding carboxylic acids is 2. The Hall–Kier alpha value is -1.88. The van der Waals surface area contributed by atoms with E-state index in [-0.39, 0.29) is 11.8 Å². The monoisotopic (exact) mass is 261 g/mol. The predicted molar refractivity (Wildman–Crippen MR) is 73.9 cm³/mol. The van der Waals surface area contributed by atoms with Crippen LogP contribution in [0.3, 0.4) is 0 Å². The Kier molecular flexibility index (Phi) is 4.16. The molecule has 1 aliphatic rings. The van der Waals surface area contributed by atoms with E-state index in [1.54, 1.807) is 29.2 Å². The van der Waals surface area contributed by atoms with Gasteiger partial charge >= 0.3 is 0 Å². The van der Waals surface area contributed by atoms with Gasteiger partial charge in [0.15, 0.2) is 5.78 Å². The molecule has 2 N–H and O–H groups in total. The third-order valence-electron chi connectivity index (χ3n) is 3.62. The lowest BCUT2D eigenvalue weighted by Gasteiger charge is -2.35. The van der Waals surface area contributed by atoms with Crippen molar-refractivity contribution in [2.24, 2.45) is 0 Å². The maximum atomic E-state index is 12.3. The molecule has 102 valence electrons. The normalized spacial score (nSPS) is 18.1. The highest BCUT2D eigenvalue weighted by molar-refractivity contribution is 6.00. The number of nitrogens with zero attached hydrogens (tertiary/aromatic N) is 2. The van der Waals surface area contributed by atoms with Crippen molar-refractivity contribution in [3.05, 3.63) is 29.8 Å². The third-order valence-corrected chi connectivity index (χ3v) is 3.62. The molecule has 1 aromatic carbocycles. The van der Waals surface area contributed by atoms with E-state index in [0.29, 0.717) is 24.3 Å². The van der Waals surface area contributed by atoms with Gasteiger partial charge in [0.2, 0.25) is 6.41 Å². The number of piperazine rings is 1. The van der Waals surface area contributed by atoms with Gasteiger partial charge < -0.3 is 10.6 Å². The second-order valence-corrected chi connectivity index (χ2v) is 4.84. The zero-order valence-electron chi connectivity index (χ0n) is 11.1. The number of nitrogens with two attached hydrogens (primary N) is 1. The molecule has 0 aliphatic carbocycles. The number of Topliss-reactive ketones (excluding diaryl/α,β-unsaturated/α-hetero) is 1. The molecule has 0 saturated carbocycles. The minimum Gasteiger partial charge on any atom is -0.399 e. The van der Waals surface area contributed by atoms with Crippen molar-refractivity contribution >= 4 is 17.9 Å². The second-order valence-electron chi connectivity index (χ2n) is 4.84. The summed E-state index contributed by atoms with van der Waals surface area (Å²) in [4.78, 5) is 26.8. The molecule has 5 heteroatoms. The molecule has 1 atom stereocenters. The van der Waals surface area contributed by atoms with Gasteiger partial charge in [-0.1, -0.05) is 0 Å². The van der Waals surface area contributed by atoms with Crippen LogP contribution in [0.4, 0.5) is 5.69 Å². The Morgan fingerprint density at radius 2 is 1.79 bits per heavy atom. The van der Waals surface area contributed by atoms with Crippen molar-refractivity contribution in [3.8, 4) is 0 Å². The van der Waals surface area contributed by atoms with Gasteiger partial charge in [0.25, 0.3) is 0 Å².